The van der Waals surface area contributed by atoms with Gasteiger partial charge in [0.15, 0.2) is 0 Å². The summed E-state index contributed by atoms with van der Waals surface area (Å²) in [5.74, 6) is 0.0854. The fourth-order valence-electron chi connectivity index (χ4n) is 5.34. The van der Waals surface area contributed by atoms with E-state index in [1.165, 1.54) is 0 Å². The number of thiazole rings is 1. The largest absolute Gasteiger partial charge is 0.598 e. The van der Waals surface area contributed by atoms with E-state index in [4.69, 9.17) is 4.98 Å². The van der Waals surface area contributed by atoms with Crippen molar-refractivity contribution in [1.82, 2.24) is 19.3 Å². The highest BCUT2D eigenvalue weighted by molar-refractivity contribution is 7.88. The highest BCUT2D eigenvalue weighted by Crippen LogP contribution is 2.48. The van der Waals surface area contributed by atoms with Crippen molar-refractivity contribution >= 4 is 45.1 Å². The molecule has 3 aromatic heterocycles. The lowest BCUT2D eigenvalue weighted by molar-refractivity contribution is -0.124. The number of anilines is 1. The number of aromatic nitrogens is 3. The van der Waals surface area contributed by atoms with E-state index in [1.54, 1.807) is 30.0 Å². The molecule has 0 aliphatic carbocycles. The van der Waals surface area contributed by atoms with Crippen molar-refractivity contribution < 1.29 is 9.35 Å². The molecule has 1 atom stereocenters. The molecule has 1 amide bonds. The Morgan fingerprint density at radius 2 is 1.94 bits per heavy atom. The first-order valence-electron chi connectivity index (χ1n) is 11.2. The van der Waals surface area contributed by atoms with Gasteiger partial charge in [0.05, 0.1) is 39.9 Å². The lowest BCUT2D eigenvalue weighted by Gasteiger charge is -2.37. The lowest BCUT2D eigenvalue weighted by Crippen LogP contribution is -2.49. The van der Waals surface area contributed by atoms with Crippen molar-refractivity contribution in [2.24, 2.45) is 0 Å². The summed E-state index contributed by atoms with van der Waals surface area (Å²) in [6, 6.07) is 10.2. The topological polar surface area (TPSA) is 85.3 Å². The number of pyridine rings is 2. The van der Waals surface area contributed by atoms with Crippen LogP contribution in [-0.2, 0) is 28.1 Å². The first kappa shape index (κ1) is 21.7. The number of rotatable bonds is 4. The Morgan fingerprint density at radius 3 is 2.71 bits per heavy atom. The molecule has 0 N–H and O–H groups in total. The van der Waals surface area contributed by atoms with Crippen molar-refractivity contribution in [2.45, 2.75) is 24.8 Å². The minimum absolute atomic E-state index is 0.0854. The van der Waals surface area contributed by atoms with Crippen LogP contribution in [0.1, 0.15) is 24.1 Å². The van der Waals surface area contributed by atoms with Gasteiger partial charge in [0.2, 0.25) is 5.91 Å². The maximum Gasteiger partial charge on any atom is 0.238 e. The van der Waals surface area contributed by atoms with Gasteiger partial charge in [-0.05, 0) is 29.9 Å². The van der Waals surface area contributed by atoms with Crippen LogP contribution in [0, 0.1) is 0 Å². The van der Waals surface area contributed by atoms with Crippen molar-refractivity contribution in [3.63, 3.8) is 0 Å². The third kappa shape index (κ3) is 3.34. The molecular formula is C25H23N5O2S2. The fourth-order valence-corrected chi connectivity index (χ4v) is 6.74. The van der Waals surface area contributed by atoms with Gasteiger partial charge in [-0.25, -0.2) is 0 Å². The number of piperidine rings is 1. The Morgan fingerprint density at radius 1 is 1.12 bits per heavy atom. The maximum absolute atomic E-state index is 14.0. The van der Waals surface area contributed by atoms with Gasteiger partial charge in [0, 0.05) is 54.0 Å². The third-order valence-corrected chi connectivity index (χ3v) is 8.95. The summed E-state index contributed by atoms with van der Waals surface area (Å²) in [4.78, 5) is 30.4. The summed E-state index contributed by atoms with van der Waals surface area (Å²) in [5.41, 5.74) is 4.96. The molecule has 0 bridgehead atoms. The van der Waals surface area contributed by atoms with Gasteiger partial charge >= 0.3 is 0 Å². The van der Waals surface area contributed by atoms with Crippen LogP contribution in [0.4, 0.5) is 5.69 Å². The molecule has 2 aliphatic rings. The van der Waals surface area contributed by atoms with E-state index < -0.39 is 16.8 Å². The number of carbonyl (C=O) groups is 1. The maximum atomic E-state index is 14.0. The number of hydrogen-bond donors (Lipinski definition) is 0. The number of benzene rings is 1. The quantitative estimate of drug-likeness (QED) is 0.404. The van der Waals surface area contributed by atoms with Crippen LogP contribution in [0.15, 0.2) is 60.6 Å². The molecule has 0 radical (unpaired) electrons. The molecule has 1 unspecified atom stereocenters. The monoisotopic (exact) mass is 489 g/mol. The second-order valence-electron chi connectivity index (χ2n) is 8.75. The van der Waals surface area contributed by atoms with Crippen molar-refractivity contribution in [3.05, 3.63) is 71.9 Å². The molecule has 2 aliphatic heterocycles. The number of carbonyl (C=O) groups excluding carboxylic acids is 1. The summed E-state index contributed by atoms with van der Waals surface area (Å²) >= 11 is 0.542. The molecule has 7 nitrogen and oxygen atoms in total. The Kier molecular flexibility index (Phi) is 5.37. The molecule has 6 rings (SSSR count). The molecule has 1 saturated heterocycles. The van der Waals surface area contributed by atoms with Crippen LogP contribution in [0.3, 0.4) is 0 Å². The molecule has 5 heterocycles. The van der Waals surface area contributed by atoms with Gasteiger partial charge in [-0.2, -0.15) is 0 Å². The van der Waals surface area contributed by atoms with Crippen LogP contribution in [0.5, 0.6) is 0 Å². The van der Waals surface area contributed by atoms with Gasteiger partial charge in [-0.15, -0.1) is 15.6 Å². The summed E-state index contributed by atoms with van der Waals surface area (Å²) in [6.45, 7) is 1.62. The number of fused-ring (bicyclic) bond motifs is 3. The van der Waals surface area contributed by atoms with Crippen molar-refractivity contribution in [3.8, 4) is 10.4 Å². The summed E-state index contributed by atoms with van der Waals surface area (Å²) in [6.07, 6.45) is 10.3. The summed E-state index contributed by atoms with van der Waals surface area (Å²) < 4.78 is 14.0. The lowest BCUT2D eigenvalue weighted by atomic mass is 9.74. The normalized spacial score (nSPS) is 18.5. The van der Waals surface area contributed by atoms with Crippen molar-refractivity contribution in [2.75, 3.05) is 24.2 Å². The second kappa shape index (κ2) is 8.42. The first-order valence-corrected chi connectivity index (χ1v) is 13.6. The van der Waals surface area contributed by atoms with E-state index in [9.17, 15) is 9.35 Å². The zero-order valence-electron chi connectivity index (χ0n) is 18.7. The molecule has 0 saturated carbocycles. The SMILES string of the molecule is C[S+]([O-])N1CCC2(CC1)C(=O)N(Cc1ncc3ccccc3c1-c1cncs1)c1cnccc12. The standard InChI is InChI=1S/C25H23N5O2S2/c1-34(32)29-10-7-25(8-11-29)19-6-9-26-13-21(19)30(24(25)31)15-20-23(22-14-27-16-33-22)18-5-3-2-4-17(18)12-28-20/h2-6,9,12-14,16H,7-8,10-11,15H2,1H3. The average molecular weight is 490 g/mol. The molecule has 1 aromatic carbocycles. The van der Waals surface area contributed by atoms with Gasteiger partial charge in [0.1, 0.15) is 6.26 Å². The smallest absolute Gasteiger partial charge is 0.238 e. The average Bonchev–Trinajstić information content (AvgIpc) is 3.47. The van der Waals surface area contributed by atoms with Crippen molar-refractivity contribution in [1.29, 1.82) is 0 Å². The Bertz CT molecular complexity index is 1370. The molecular weight excluding hydrogens is 466 g/mol. The van der Waals surface area contributed by atoms with E-state index in [0.29, 0.717) is 32.5 Å². The van der Waals surface area contributed by atoms with E-state index in [0.717, 1.165) is 38.2 Å². The Hall–Kier alpha value is -2.85. The van der Waals surface area contributed by atoms with E-state index in [1.807, 2.05) is 45.3 Å². The molecule has 34 heavy (non-hydrogen) atoms. The zero-order valence-corrected chi connectivity index (χ0v) is 20.3. The zero-order chi connectivity index (χ0) is 23.3. The van der Waals surface area contributed by atoms with Gasteiger partial charge in [-0.1, -0.05) is 24.3 Å². The van der Waals surface area contributed by atoms with E-state index >= 15 is 0 Å². The van der Waals surface area contributed by atoms with Crippen LogP contribution in [-0.4, -0.2) is 49.1 Å². The second-order valence-corrected chi connectivity index (χ2v) is 11.0. The molecule has 1 fully saturated rings. The number of amides is 1. The third-order valence-electron chi connectivity index (χ3n) is 7.07. The van der Waals surface area contributed by atoms with E-state index in [-0.39, 0.29) is 5.91 Å². The van der Waals surface area contributed by atoms with E-state index in [2.05, 4.69) is 22.1 Å². The van der Waals surface area contributed by atoms with Crippen LogP contribution in [0.2, 0.25) is 0 Å². The Balaban J connectivity index is 1.43. The highest BCUT2D eigenvalue weighted by Gasteiger charge is 2.53. The minimum atomic E-state index is -1.03. The van der Waals surface area contributed by atoms with Gasteiger partial charge in [-0.3, -0.25) is 19.7 Å². The number of hydrogen-bond acceptors (Lipinski definition) is 7. The summed E-state index contributed by atoms with van der Waals surface area (Å²) in [7, 11) is 0. The predicted octanol–water partition coefficient (Wildman–Crippen LogP) is 3.93. The van der Waals surface area contributed by atoms with Crippen LogP contribution >= 0.6 is 11.3 Å². The van der Waals surface area contributed by atoms with Gasteiger partial charge < -0.3 is 9.45 Å². The minimum Gasteiger partial charge on any atom is -0.598 e. The summed E-state index contributed by atoms with van der Waals surface area (Å²) in [5, 5.41) is 2.16. The Labute approximate surface area is 204 Å². The molecule has 172 valence electrons. The van der Waals surface area contributed by atoms with Crippen LogP contribution in [0.25, 0.3) is 21.2 Å². The van der Waals surface area contributed by atoms with Gasteiger partial charge in [0.25, 0.3) is 0 Å². The molecule has 4 aromatic rings. The fraction of sp³-hybridized carbons (Fsp3) is 0.280. The highest BCUT2D eigenvalue weighted by atomic mass is 32.2. The predicted molar refractivity (Wildman–Crippen MR) is 135 cm³/mol. The first-order chi connectivity index (χ1) is 16.6. The molecule has 1 spiro atoms. The van der Waals surface area contributed by atoms with Crippen LogP contribution < -0.4 is 4.90 Å². The number of nitrogens with zero attached hydrogens (tertiary/aromatic N) is 5. The molecule has 9 heteroatoms.